The first-order valence-electron chi connectivity index (χ1n) is 5.14. The third-order valence-corrected chi connectivity index (χ3v) is 1.55. The number of halogens is 3. The third-order valence-electron chi connectivity index (χ3n) is 1.55. The molecule has 0 rings (SSSR count). The van der Waals surface area contributed by atoms with E-state index in [4.69, 9.17) is 0 Å². The number of hydrogen-bond acceptors (Lipinski definition) is 1. The van der Waals surface area contributed by atoms with Crippen LogP contribution in [0, 0.1) is 5.92 Å². The minimum absolute atomic E-state index is 0.0450. The first kappa shape index (κ1) is 17.2. The van der Waals surface area contributed by atoms with E-state index in [2.05, 4.69) is 17.9 Å². The largest absolute Gasteiger partial charge is 0.573 e. The summed E-state index contributed by atoms with van der Waals surface area (Å²) in [5.74, 6) is -0.374. The normalized spacial score (nSPS) is 12.6. The molecule has 94 valence electrons. The van der Waals surface area contributed by atoms with Gasteiger partial charge in [-0.05, 0) is 18.4 Å². The van der Waals surface area contributed by atoms with Crippen LogP contribution in [0.5, 0.6) is 0 Å². The fourth-order valence-corrected chi connectivity index (χ4v) is 0.795. The summed E-state index contributed by atoms with van der Waals surface area (Å²) >= 11 is 0. The lowest BCUT2D eigenvalue weighted by Crippen LogP contribution is -2.11. The highest BCUT2D eigenvalue weighted by molar-refractivity contribution is 5.11. The fourth-order valence-electron chi connectivity index (χ4n) is 0.795. The monoisotopic (exact) mass is 236 g/mol. The van der Waals surface area contributed by atoms with E-state index < -0.39 is 12.1 Å². The van der Waals surface area contributed by atoms with Gasteiger partial charge in [0.05, 0.1) is 0 Å². The summed E-state index contributed by atoms with van der Waals surface area (Å²) < 4.78 is 38.5. The fraction of sp³-hybridized carbons (Fsp3) is 0.500. The molecule has 0 N–H and O–H groups in total. The van der Waals surface area contributed by atoms with Gasteiger partial charge in [-0.2, -0.15) is 0 Å². The second-order valence-electron chi connectivity index (χ2n) is 2.68. The van der Waals surface area contributed by atoms with Crippen LogP contribution in [0.2, 0.25) is 0 Å². The van der Waals surface area contributed by atoms with E-state index in [1.54, 1.807) is 12.2 Å². The number of allylic oxidation sites excluding steroid dienone is 3. The molecule has 0 aliphatic rings. The maximum atomic E-state index is 11.7. The van der Waals surface area contributed by atoms with Crippen molar-refractivity contribution in [3.63, 3.8) is 0 Å². The van der Waals surface area contributed by atoms with Crippen LogP contribution in [0.15, 0.2) is 37.1 Å². The van der Waals surface area contributed by atoms with Crippen molar-refractivity contribution >= 4 is 0 Å². The molecule has 0 amide bonds. The standard InChI is InChI=1S/C10H13F3O.C2H6/c1-4-9(5-2)7-6-8(3)14-10(11,12)13;1-2/h4,6-7,9H,1,3,5H2,2H3;1-2H3/b7-6-;. The Morgan fingerprint density at radius 1 is 1.38 bits per heavy atom. The highest BCUT2D eigenvalue weighted by atomic mass is 19.4. The minimum atomic E-state index is -4.67. The maximum Gasteiger partial charge on any atom is 0.573 e. The molecule has 1 nitrogen and oxygen atoms in total. The maximum absolute atomic E-state index is 11.7. The molecule has 0 aliphatic heterocycles. The summed E-state index contributed by atoms with van der Waals surface area (Å²) in [7, 11) is 0. The number of rotatable bonds is 5. The average molecular weight is 236 g/mol. The van der Waals surface area contributed by atoms with E-state index in [-0.39, 0.29) is 5.92 Å². The van der Waals surface area contributed by atoms with Gasteiger partial charge in [-0.3, -0.25) is 0 Å². The minimum Gasteiger partial charge on any atom is -0.406 e. The van der Waals surface area contributed by atoms with Gasteiger partial charge in [0, 0.05) is 0 Å². The van der Waals surface area contributed by atoms with Crippen LogP contribution in [-0.2, 0) is 4.74 Å². The Bertz CT molecular complexity index is 229. The van der Waals surface area contributed by atoms with E-state index >= 15 is 0 Å². The Balaban J connectivity index is 0. The van der Waals surface area contributed by atoms with Crippen molar-refractivity contribution in [2.24, 2.45) is 5.92 Å². The molecule has 0 saturated heterocycles. The van der Waals surface area contributed by atoms with Crippen molar-refractivity contribution in [2.75, 3.05) is 0 Å². The molecular weight excluding hydrogens is 217 g/mol. The lowest BCUT2D eigenvalue weighted by molar-refractivity contribution is -0.303. The molecule has 0 aliphatic carbocycles. The van der Waals surface area contributed by atoms with Crippen molar-refractivity contribution in [3.05, 3.63) is 37.1 Å². The third kappa shape index (κ3) is 10.9. The van der Waals surface area contributed by atoms with E-state index in [0.717, 1.165) is 6.42 Å². The Kier molecular flexibility index (Phi) is 9.75. The number of alkyl halides is 3. The number of hydrogen-bond donors (Lipinski definition) is 0. The lowest BCUT2D eigenvalue weighted by Gasteiger charge is -2.08. The molecule has 16 heavy (non-hydrogen) atoms. The zero-order chi connectivity index (χ0) is 13.2. The predicted molar refractivity (Wildman–Crippen MR) is 60.7 cm³/mol. The molecule has 0 aromatic rings. The van der Waals surface area contributed by atoms with Crippen LogP contribution in [0.1, 0.15) is 27.2 Å². The first-order valence-corrected chi connectivity index (χ1v) is 5.14. The summed E-state index contributed by atoms with van der Waals surface area (Å²) in [6.45, 7) is 12.6. The summed E-state index contributed by atoms with van der Waals surface area (Å²) in [5, 5.41) is 0. The van der Waals surface area contributed by atoms with Crippen molar-refractivity contribution in [1.82, 2.24) is 0 Å². The van der Waals surface area contributed by atoms with Crippen LogP contribution in [-0.4, -0.2) is 6.36 Å². The molecule has 0 fully saturated rings. The van der Waals surface area contributed by atoms with Crippen molar-refractivity contribution in [1.29, 1.82) is 0 Å². The van der Waals surface area contributed by atoms with Gasteiger partial charge in [-0.1, -0.05) is 39.5 Å². The summed E-state index contributed by atoms with van der Waals surface area (Å²) in [5.41, 5.74) is 0. The quantitative estimate of drug-likeness (QED) is 0.377. The molecule has 0 bridgehead atoms. The van der Waals surface area contributed by atoms with Gasteiger partial charge in [0.1, 0.15) is 5.76 Å². The lowest BCUT2D eigenvalue weighted by atomic mass is 10.1. The van der Waals surface area contributed by atoms with Gasteiger partial charge >= 0.3 is 6.36 Å². The average Bonchev–Trinajstić information content (AvgIpc) is 2.20. The smallest absolute Gasteiger partial charge is 0.406 e. The van der Waals surface area contributed by atoms with Gasteiger partial charge in [0.2, 0.25) is 0 Å². The van der Waals surface area contributed by atoms with Gasteiger partial charge in [-0.25, -0.2) is 0 Å². The van der Waals surface area contributed by atoms with Crippen LogP contribution < -0.4 is 0 Å². The molecule has 1 atom stereocenters. The Hall–Kier alpha value is -1.19. The van der Waals surface area contributed by atoms with Gasteiger partial charge in [0.15, 0.2) is 0 Å². The molecule has 1 unspecified atom stereocenters. The van der Waals surface area contributed by atoms with Crippen LogP contribution in [0.4, 0.5) is 13.2 Å². The topological polar surface area (TPSA) is 9.23 Å². The van der Waals surface area contributed by atoms with E-state index in [0.29, 0.717) is 0 Å². The summed E-state index contributed by atoms with van der Waals surface area (Å²) in [6, 6.07) is 0. The molecule has 0 saturated carbocycles. The summed E-state index contributed by atoms with van der Waals surface area (Å²) in [6.07, 6.45) is 0.526. The number of ether oxygens (including phenoxy) is 1. The summed E-state index contributed by atoms with van der Waals surface area (Å²) in [4.78, 5) is 0. The first-order chi connectivity index (χ1) is 7.39. The zero-order valence-corrected chi connectivity index (χ0v) is 9.97. The highest BCUT2D eigenvalue weighted by Gasteiger charge is 2.30. The predicted octanol–water partition coefficient (Wildman–Crippen LogP) is 4.83. The van der Waals surface area contributed by atoms with E-state index in [1.165, 1.54) is 6.08 Å². The molecule has 0 aromatic heterocycles. The Morgan fingerprint density at radius 2 is 1.88 bits per heavy atom. The van der Waals surface area contributed by atoms with Gasteiger partial charge in [0.25, 0.3) is 0 Å². The Morgan fingerprint density at radius 3 is 2.19 bits per heavy atom. The Labute approximate surface area is 95.3 Å². The molecular formula is C12H19F3O. The van der Waals surface area contributed by atoms with Gasteiger partial charge in [-0.15, -0.1) is 19.8 Å². The van der Waals surface area contributed by atoms with Gasteiger partial charge < -0.3 is 4.74 Å². The SMILES string of the molecule is C=CC(/C=C\C(=C)OC(F)(F)F)CC.CC. The second kappa shape index (κ2) is 9.07. The molecule has 4 heteroatoms. The molecule has 0 aromatic carbocycles. The highest BCUT2D eigenvalue weighted by Crippen LogP contribution is 2.20. The molecule has 0 heterocycles. The molecule has 0 spiro atoms. The van der Waals surface area contributed by atoms with E-state index in [9.17, 15) is 13.2 Å². The van der Waals surface area contributed by atoms with Crippen LogP contribution in [0.25, 0.3) is 0 Å². The van der Waals surface area contributed by atoms with Crippen molar-refractivity contribution < 1.29 is 17.9 Å². The van der Waals surface area contributed by atoms with E-state index in [1.807, 2.05) is 20.8 Å². The zero-order valence-electron chi connectivity index (χ0n) is 9.97. The second-order valence-corrected chi connectivity index (χ2v) is 2.68. The van der Waals surface area contributed by atoms with Crippen LogP contribution in [0.3, 0.4) is 0 Å². The van der Waals surface area contributed by atoms with Crippen molar-refractivity contribution in [2.45, 2.75) is 33.6 Å². The molecule has 0 radical (unpaired) electrons. The van der Waals surface area contributed by atoms with Crippen molar-refractivity contribution in [3.8, 4) is 0 Å². The van der Waals surface area contributed by atoms with Crippen LogP contribution >= 0.6 is 0 Å².